The van der Waals surface area contributed by atoms with E-state index in [0.29, 0.717) is 23.2 Å². The molecule has 2 aromatic rings. The fourth-order valence-electron chi connectivity index (χ4n) is 1.60. The molecule has 0 saturated carbocycles. The Labute approximate surface area is 92.3 Å². The number of halogens is 1. The van der Waals surface area contributed by atoms with Crippen LogP contribution < -0.4 is 5.73 Å². The first-order chi connectivity index (χ1) is 7.09. The van der Waals surface area contributed by atoms with Gasteiger partial charge in [0.15, 0.2) is 5.15 Å². The number of hydrogen-bond acceptors (Lipinski definition) is 3. The van der Waals surface area contributed by atoms with Gasteiger partial charge in [-0.05, 0) is 19.1 Å². The molecule has 0 radical (unpaired) electrons. The molecule has 4 nitrogen and oxygen atoms in total. The first-order valence-corrected chi connectivity index (χ1v) is 5.07. The largest absolute Gasteiger partial charge is 0.393 e. The molecular formula is C10H12ClN3O. The average molecular weight is 226 g/mol. The van der Waals surface area contributed by atoms with Gasteiger partial charge in [-0.2, -0.15) is 0 Å². The van der Waals surface area contributed by atoms with E-state index in [1.165, 1.54) is 0 Å². The van der Waals surface area contributed by atoms with Crippen molar-refractivity contribution < 1.29 is 5.11 Å². The van der Waals surface area contributed by atoms with Gasteiger partial charge >= 0.3 is 0 Å². The van der Waals surface area contributed by atoms with E-state index in [0.717, 1.165) is 5.52 Å². The fraction of sp³-hybridized carbons (Fsp3) is 0.300. The first kappa shape index (κ1) is 10.3. The number of aliphatic hydroxyl groups excluding tert-OH is 1. The van der Waals surface area contributed by atoms with Crippen molar-refractivity contribution in [2.24, 2.45) is 0 Å². The van der Waals surface area contributed by atoms with Gasteiger partial charge in [-0.3, -0.25) is 4.40 Å². The topological polar surface area (TPSA) is 63.5 Å². The van der Waals surface area contributed by atoms with Crippen LogP contribution in [0.1, 0.15) is 12.7 Å². The summed E-state index contributed by atoms with van der Waals surface area (Å²) < 4.78 is 1.76. The standard InChI is InChI=1S/C10H12ClN3O/c1-6(15)5-9-13-10(11)7-3-2-4-8(12)14(7)9/h2-4,6,15H,5,12H2,1H3. The minimum Gasteiger partial charge on any atom is -0.393 e. The lowest BCUT2D eigenvalue weighted by Crippen LogP contribution is -2.09. The zero-order chi connectivity index (χ0) is 11.0. The van der Waals surface area contributed by atoms with Crippen LogP contribution in [0.5, 0.6) is 0 Å². The molecule has 0 aliphatic rings. The lowest BCUT2D eigenvalue weighted by atomic mass is 10.3. The number of hydrogen-bond donors (Lipinski definition) is 2. The predicted molar refractivity (Wildman–Crippen MR) is 60.0 cm³/mol. The molecule has 5 heteroatoms. The van der Waals surface area contributed by atoms with Gasteiger partial charge in [0.25, 0.3) is 0 Å². The van der Waals surface area contributed by atoms with Crippen LogP contribution in [0.25, 0.3) is 5.52 Å². The first-order valence-electron chi connectivity index (χ1n) is 4.69. The molecule has 0 aliphatic carbocycles. The number of imidazole rings is 1. The van der Waals surface area contributed by atoms with Crippen LogP contribution in [0, 0.1) is 0 Å². The predicted octanol–water partition coefficient (Wildman–Crippen LogP) is 1.49. The third-order valence-corrected chi connectivity index (χ3v) is 2.47. The highest BCUT2D eigenvalue weighted by Gasteiger charge is 2.12. The van der Waals surface area contributed by atoms with Crippen LogP contribution in [0.2, 0.25) is 5.15 Å². The summed E-state index contributed by atoms with van der Waals surface area (Å²) in [6, 6.07) is 5.44. The maximum Gasteiger partial charge on any atom is 0.155 e. The van der Waals surface area contributed by atoms with Gasteiger partial charge in [-0.25, -0.2) is 4.98 Å². The molecule has 15 heavy (non-hydrogen) atoms. The quantitative estimate of drug-likeness (QED) is 0.814. The number of aromatic nitrogens is 2. The fourth-order valence-corrected chi connectivity index (χ4v) is 1.84. The highest BCUT2D eigenvalue weighted by Crippen LogP contribution is 2.21. The molecule has 0 bridgehead atoms. The van der Waals surface area contributed by atoms with E-state index in [1.54, 1.807) is 17.4 Å². The molecule has 80 valence electrons. The molecule has 0 aromatic carbocycles. The van der Waals surface area contributed by atoms with Crippen molar-refractivity contribution in [2.75, 3.05) is 5.73 Å². The maximum atomic E-state index is 9.33. The Morgan fingerprint density at radius 3 is 3.00 bits per heavy atom. The Bertz CT molecular complexity index is 493. The molecule has 0 amide bonds. The minimum atomic E-state index is -0.466. The van der Waals surface area contributed by atoms with Gasteiger partial charge in [-0.1, -0.05) is 17.7 Å². The Kier molecular flexibility index (Phi) is 2.54. The summed E-state index contributed by atoms with van der Waals surface area (Å²) in [5.41, 5.74) is 6.60. The summed E-state index contributed by atoms with van der Waals surface area (Å²) in [5, 5.41) is 9.74. The third-order valence-electron chi connectivity index (χ3n) is 2.19. The molecule has 2 rings (SSSR count). The van der Waals surface area contributed by atoms with E-state index in [2.05, 4.69) is 4.98 Å². The zero-order valence-corrected chi connectivity index (χ0v) is 9.07. The van der Waals surface area contributed by atoms with Crippen molar-refractivity contribution in [1.82, 2.24) is 9.38 Å². The van der Waals surface area contributed by atoms with Gasteiger partial charge in [0.2, 0.25) is 0 Å². The van der Waals surface area contributed by atoms with E-state index >= 15 is 0 Å². The Balaban J connectivity index is 2.65. The van der Waals surface area contributed by atoms with Crippen molar-refractivity contribution in [1.29, 1.82) is 0 Å². The molecular weight excluding hydrogens is 214 g/mol. The summed E-state index contributed by atoms with van der Waals surface area (Å²) in [4.78, 5) is 4.18. The van der Waals surface area contributed by atoms with Gasteiger partial charge in [-0.15, -0.1) is 0 Å². The third kappa shape index (κ3) is 1.78. The van der Waals surface area contributed by atoms with E-state index in [-0.39, 0.29) is 0 Å². The summed E-state index contributed by atoms with van der Waals surface area (Å²) in [5.74, 6) is 1.26. The van der Waals surface area contributed by atoms with Gasteiger partial charge in [0.1, 0.15) is 11.6 Å². The molecule has 0 spiro atoms. The summed E-state index contributed by atoms with van der Waals surface area (Å²) >= 11 is 5.96. The number of fused-ring (bicyclic) bond motifs is 1. The number of rotatable bonds is 2. The molecule has 2 aromatic heterocycles. The smallest absolute Gasteiger partial charge is 0.155 e. The van der Waals surface area contributed by atoms with Crippen molar-refractivity contribution in [3.8, 4) is 0 Å². The lowest BCUT2D eigenvalue weighted by Gasteiger charge is -2.05. The molecule has 0 saturated heterocycles. The molecule has 0 aliphatic heterocycles. The summed E-state index contributed by atoms with van der Waals surface area (Å²) in [6.07, 6.45) is -0.0338. The van der Waals surface area contributed by atoms with Crippen LogP contribution in [0.3, 0.4) is 0 Å². The SMILES string of the molecule is CC(O)Cc1nc(Cl)c2cccc(N)n12. The monoisotopic (exact) mass is 225 g/mol. The normalized spacial score (nSPS) is 13.3. The van der Waals surface area contributed by atoms with E-state index in [1.807, 2.05) is 12.1 Å². The maximum absolute atomic E-state index is 9.33. The Hall–Kier alpha value is -1.26. The second kappa shape index (κ2) is 3.72. The molecule has 1 unspecified atom stereocenters. The highest BCUT2D eigenvalue weighted by atomic mass is 35.5. The lowest BCUT2D eigenvalue weighted by molar-refractivity contribution is 0.193. The highest BCUT2D eigenvalue weighted by molar-refractivity contribution is 6.32. The van der Waals surface area contributed by atoms with Crippen LogP contribution in [0.4, 0.5) is 5.82 Å². The second-order valence-electron chi connectivity index (χ2n) is 3.54. The zero-order valence-electron chi connectivity index (χ0n) is 8.31. The Morgan fingerprint density at radius 2 is 2.33 bits per heavy atom. The summed E-state index contributed by atoms with van der Waals surface area (Å²) in [6.45, 7) is 1.70. The van der Waals surface area contributed by atoms with Gasteiger partial charge in [0, 0.05) is 6.42 Å². The van der Waals surface area contributed by atoms with Crippen molar-refractivity contribution >= 4 is 22.9 Å². The number of pyridine rings is 1. The van der Waals surface area contributed by atoms with Gasteiger partial charge < -0.3 is 10.8 Å². The van der Waals surface area contributed by atoms with Crippen molar-refractivity contribution in [3.05, 3.63) is 29.2 Å². The van der Waals surface area contributed by atoms with E-state index in [9.17, 15) is 5.11 Å². The number of nitrogens with two attached hydrogens (primary N) is 1. The molecule has 3 N–H and O–H groups in total. The van der Waals surface area contributed by atoms with Crippen LogP contribution in [-0.4, -0.2) is 20.6 Å². The number of nitrogens with zero attached hydrogens (tertiary/aromatic N) is 2. The minimum absolute atomic E-state index is 0.415. The van der Waals surface area contributed by atoms with Crippen LogP contribution in [0.15, 0.2) is 18.2 Å². The average Bonchev–Trinajstić information content (AvgIpc) is 2.44. The van der Waals surface area contributed by atoms with E-state index in [4.69, 9.17) is 17.3 Å². The number of aliphatic hydroxyl groups is 1. The van der Waals surface area contributed by atoms with Crippen LogP contribution >= 0.6 is 11.6 Å². The molecule has 0 fully saturated rings. The molecule has 2 heterocycles. The number of nitrogen functional groups attached to an aromatic ring is 1. The van der Waals surface area contributed by atoms with Crippen LogP contribution in [-0.2, 0) is 6.42 Å². The second-order valence-corrected chi connectivity index (χ2v) is 3.90. The van der Waals surface area contributed by atoms with E-state index < -0.39 is 6.10 Å². The Morgan fingerprint density at radius 1 is 1.60 bits per heavy atom. The number of anilines is 1. The van der Waals surface area contributed by atoms with Gasteiger partial charge in [0.05, 0.1) is 11.6 Å². The summed E-state index contributed by atoms with van der Waals surface area (Å²) in [7, 11) is 0. The van der Waals surface area contributed by atoms with Crippen molar-refractivity contribution in [2.45, 2.75) is 19.4 Å². The van der Waals surface area contributed by atoms with Crippen molar-refractivity contribution in [3.63, 3.8) is 0 Å². The molecule has 1 atom stereocenters.